The van der Waals surface area contributed by atoms with E-state index in [4.69, 9.17) is 4.74 Å². The average Bonchev–Trinajstić information content (AvgIpc) is 2.92. The van der Waals surface area contributed by atoms with Crippen molar-refractivity contribution in [2.45, 2.75) is 12.1 Å². The van der Waals surface area contributed by atoms with Gasteiger partial charge in [0.2, 0.25) is 0 Å². The summed E-state index contributed by atoms with van der Waals surface area (Å²) in [7, 11) is 0. The number of hydrogen-bond donors (Lipinski definition) is 1. The Bertz CT molecular complexity index is 564. The zero-order valence-corrected chi connectivity index (χ0v) is 12.0. The highest BCUT2D eigenvalue weighted by atomic mass is 19.1. The smallest absolute Gasteiger partial charge is 0.257 e. The molecule has 120 valence electrons. The molecule has 0 radical (unpaired) electrons. The summed E-state index contributed by atoms with van der Waals surface area (Å²) in [4.78, 5) is 15.8. The molecule has 2 aliphatic rings. The number of ether oxygens (including phenoxy) is 1. The van der Waals surface area contributed by atoms with Crippen LogP contribution in [-0.2, 0) is 4.74 Å². The molecule has 7 heteroatoms. The first kappa shape index (κ1) is 15.3. The molecule has 1 amide bonds. The highest BCUT2D eigenvalue weighted by molar-refractivity contribution is 5.94. The number of rotatable bonds is 2. The van der Waals surface area contributed by atoms with Crippen molar-refractivity contribution in [1.82, 2.24) is 9.80 Å². The summed E-state index contributed by atoms with van der Waals surface area (Å²) in [6, 6.07) is 2.62. The summed E-state index contributed by atoms with van der Waals surface area (Å²) in [5.41, 5.74) is -0.296. The third-order valence-electron chi connectivity index (χ3n) is 4.22. The summed E-state index contributed by atoms with van der Waals surface area (Å²) < 4.78 is 32.2. The number of aliphatic hydroxyl groups excluding tert-OH is 1. The first-order valence-electron chi connectivity index (χ1n) is 7.30. The lowest BCUT2D eigenvalue weighted by Crippen LogP contribution is -2.49. The topological polar surface area (TPSA) is 53.0 Å². The summed E-state index contributed by atoms with van der Waals surface area (Å²) in [5.74, 6) is -2.00. The normalized spacial score (nSPS) is 26.4. The minimum atomic E-state index is -0.754. The van der Waals surface area contributed by atoms with Gasteiger partial charge in [0.15, 0.2) is 0 Å². The number of nitrogens with zero attached hydrogens (tertiary/aromatic N) is 2. The third-order valence-corrected chi connectivity index (χ3v) is 4.22. The molecule has 2 aliphatic heterocycles. The van der Waals surface area contributed by atoms with Crippen LogP contribution < -0.4 is 0 Å². The fraction of sp³-hybridized carbons (Fsp3) is 0.533. The molecule has 1 aromatic rings. The quantitative estimate of drug-likeness (QED) is 0.863. The first-order chi connectivity index (χ1) is 10.6. The van der Waals surface area contributed by atoms with Crippen LogP contribution in [0.15, 0.2) is 18.2 Å². The number of benzene rings is 1. The van der Waals surface area contributed by atoms with Crippen molar-refractivity contribution < 1.29 is 23.4 Å². The van der Waals surface area contributed by atoms with Crippen LogP contribution in [0.5, 0.6) is 0 Å². The molecule has 0 aliphatic carbocycles. The van der Waals surface area contributed by atoms with Gasteiger partial charge in [0.1, 0.15) is 11.6 Å². The Morgan fingerprint density at radius 3 is 2.68 bits per heavy atom. The van der Waals surface area contributed by atoms with E-state index in [1.54, 1.807) is 0 Å². The minimum Gasteiger partial charge on any atom is -0.390 e. The van der Waals surface area contributed by atoms with Crippen molar-refractivity contribution in [1.29, 1.82) is 0 Å². The molecule has 0 bridgehead atoms. The number of morpholine rings is 1. The van der Waals surface area contributed by atoms with Gasteiger partial charge >= 0.3 is 0 Å². The van der Waals surface area contributed by atoms with E-state index in [2.05, 4.69) is 4.90 Å². The Balaban J connectivity index is 1.73. The van der Waals surface area contributed by atoms with Gasteiger partial charge in [-0.25, -0.2) is 8.78 Å². The Hall–Kier alpha value is -1.57. The second kappa shape index (κ2) is 6.28. The zero-order chi connectivity index (χ0) is 15.7. The molecule has 5 nitrogen and oxygen atoms in total. The molecule has 2 heterocycles. The van der Waals surface area contributed by atoms with Gasteiger partial charge in [0, 0.05) is 26.2 Å². The van der Waals surface area contributed by atoms with Crippen LogP contribution in [0.1, 0.15) is 10.4 Å². The lowest BCUT2D eigenvalue weighted by atomic mass is 10.1. The number of aliphatic hydroxyl groups is 1. The number of amides is 1. The van der Waals surface area contributed by atoms with Crippen LogP contribution in [0.25, 0.3) is 0 Å². The number of halogens is 2. The van der Waals surface area contributed by atoms with Crippen molar-refractivity contribution in [2.75, 3.05) is 39.4 Å². The number of carbonyl (C=O) groups is 1. The summed E-state index contributed by atoms with van der Waals surface area (Å²) >= 11 is 0. The van der Waals surface area contributed by atoms with Crippen LogP contribution in [0.3, 0.4) is 0 Å². The third kappa shape index (κ3) is 2.97. The maximum absolute atomic E-state index is 13.7. The van der Waals surface area contributed by atoms with Crippen molar-refractivity contribution >= 4 is 5.91 Å². The molecule has 3 rings (SSSR count). The van der Waals surface area contributed by atoms with Crippen molar-refractivity contribution in [2.24, 2.45) is 0 Å². The highest BCUT2D eigenvalue weighted by Crippen LogP contribution is 2.21. The molecule has 2 saturated heterocycles. The van der Waals surface area contributed by atoms with Crippen molar-refractivity contribution in [3.05, 3.63) is 35.4 Å². The molecule has 0 unspecified atom stereocenters. The Labute approximate surface area is 127 Å². The van der Waals surface area contributed by atoms with E-state index < -0.39 is 23.6 Å². The van der Waals surface area contributed by atoms with Crippen LogP contribution in [0.2, 0.25) is 0 Å². The van der Waals surface area contributed by atoms with E-state index in [0.29, 0.717) is 32.8 Å². The molecule has 1 N–H and O–H groups in total. The Morgan fingerprint density at radius 2 is 1.95 bits per heavy atom. The molecule has 2 atom stereocenters. The standard InChI is InChI=1S/C15H18F2N2O3/c16-10-1-2-12(17)11(7-10)15(21)19-8-13(14(20)9-19)18-3-5-22-6-4-18/h1-2,7,13-14,20H,3-6,8-9H2/t13-,14-/m1/s1. The predicted molar refractivity (Wildman–Crippen MR) is 74.4 cm³/mol. The molecular weight excluding hydrogens is 294 g/mol. The van der Waals surface area contributed by atoms with E-state index in [0.717, 1.165) is 18.2 Å². The van der Waals surface area contributed by atoms with Crippen molar-refractivity contribution in [3.8, 4) is 0 Å². The lowest BCUT2D eigenvalue weighted by molar-refractivity contribution is -0.00611. The summed E-state index contributed by atoms with van der Waals surface area (Å²) in [6.45, 7) is 2.99. The number of hydrogen-bond acceptors (Lipinski definition) is 4. The van der Waals surface area contributed by atoms with E-state index >= 15 is 0 Å². The van der Waals surface area contributed by atoms with Gasteiger partial charge in [0.25, 0.3) is 5.91 Å². The summed E-state index contributed by atoms with van der Waals surface area (Å²) in [5, 5.41) is 10.2. The van der Waals surface area contributed by atoms with Crippen LogP contribution in [0.4, 0.5) is 8.78 Å². The molecule has 0 spiro atoms. The Kier molecular flexibility index (Phi) is 4.37. The Morgan fingerprint density at radius 1 is 1.23 bits per heavy atom. The van der Waals surface area contributed by atoms with E-state index in [9.17, 15) is 18.7 Å². The molecular formula is C15H18F2N2O3. The van der Waals surface area contributed by atoms with Crippen LogP contribution in [0, 0.1) is 11.6 Å². The fourth-order valence-electron chi connectivity index (χ4n) is 3.03. The molecule has 22 heavy (non-hydrogen) atoms. The van der Waals surface area contributed by atoms with Crippen LogP contribution in [-0.4, -0.2) is 72.4 Å². The molecule has 0 saturated carbocycles. The number of likely N-dealkylation sites (tertiary alicyclic amines) is 1. The monoisotopic (exact) mass is 312 g/mol. The van der Waals surface area contributed by atoms with E-state index in [-0.39, 0.29) is 18.2 Å². The second-order valence-corrected chi connectivity index (χ2v) is 5.62. The predicted octanol–water partition coefficient (Wildman–Crippen LogP) is 0.482. The van der Waals surface area contributed by atoms with Gasteiger partial charge in [-0.3, -0.25) is 9.69 Å². The van der Waals surface area contributed by atoms with Crippen LogP contribution >= 0.6 is 0 Å². The highest BCUT2D eigenvalue weighted by Gasteiger charge is 2.38. The van der Waals surface area contributed by atoms with Gasteiger partial charge < -0.3 is 14.7 Å². The number of β-amino-alcohol motifs (C(OH)–C–C–N with tert-alkyl or cyclic N) is 1. The van der Waals surface area contributed by atoms with E-state index in [1.165, 1.54) is 4.90 Å². The molecule has 1 aromatic carbocycles. The maximum Gasteiger partial charge on any atom is 0.257 e. The van der Waals surface area contributed by atoms with E-state index in [1.807, 2.05) is 0 Å². The SMILES string of the molecule is O=C(c1cc(F)ccc1F)N1C[C@@H](O)[C@H](N2CCOCC2)C1. The van der Waals surface area contributed by atoms with Gasteiger partial charge in [0.05, 0.1) is 30.9 Å². The first-order valence-corrected chi connectivity index (χ1v) is 7.30. The van der Waals surface area contributed by atoms with Crippen molar-refractivity contribution in [3.63, 3.8) is 0 Å². The van der Waals surface area contributed by atoms with Gasteiger partial charge in [-0.2, -0.15) is 0 Å². The summed E-state index contributed by atoms with van der Waals surface area (Å²) in [6.07, 6.45) is -0.696. The second-order valence-electron chi connectivity index (χ2n) is 5.62. The molecule has 0 aromatic heterocycles. The van der Waals surface area contributed by atoms with Gasteiger partial charge in [-0.1, -0.05) is 0 Å². The largest absolute Gasteiger partial charge is 0.390 e. The van der Waals surface area contributed by atoms with Gasteiger partial charge in [-0.05, 0) is 18.2 Å². The lowest BCUT2D eigenvalue weighted by Gasteiger charge is -2.33. The fourth-order valence-corrected chi connectivity index (χ4v) is 3.03. The van der Waals surface area contributed by atoms with Gasteiger partial charge in [-0.15, -0.1) is 0 Å². The zero-order valence-electron chi connectivity index (χ0n) is 12.0. The molecule has 2 fully saturated rings. The number of carbonyl (C=O) groups excluding carboxylic acids is 1. The average molecular weight is 312 g/mol. The minimum absolute atomic E-state index is 0.122. The maximum atomic E-state index is 13.7.